The normalized spacial score (nSPS) is 30.2. The first-order valence-corrected chi connectivity index (χ1v) is 6.42. The molecular weight excluding hydrogens is 220 g/mol. The number of likely N-dealkylation sites (tertiary alicyclic amines) is 1. The number of rotatable bonds is 5. The van der Waals surface area contributed by atoms with Gasteiger partial charge in [-0.25, -0.2) is 0 Å². The molecule has 0 radical (unpaired) electrons. The van der Waals surface area contributed by atoms with Crippen LogP contribution in [0.4, 0.5) is 0 Å². The average Bonchev–Trinajstić information content (AvgIpc) is 2.67. The number of nitrogens with zero attached hydrogens (tertiary/aromatic N) is 1. The molecule has 3 unspecified atom stereocenters. The lowest BCUT2D eigenvalue weighted by Gasteiger charge is -2.33. The summed E-state index contributed by atoms with van der Waals surface area (Å²) in [6.07, 6.45) is 3.05. The first kappa shape index (κ1) is 12.8. The van der Waals surface area contributed by atoms with Crippen LogP contribution in [0.15, 0.2) is 0 Å². The lowest BCUT2D eigenvalue weighted by molar-refractivity contribution is -0.144. The van der Waals surface area contributed by atoms with Crippen LogP contribution in [0.25, 0.3) is 0 Å². The van der Waals surface area contributed by atoms with Gasteiger partial charge in [0.25, 0.3) is 0 Å². The van der Waals surface area contributed by atoms with E-state index in [1.165, 1.54) is 7.11 Å². The lowest BCUT2D eigenvalue weighted by Crippen LogP contribution is -2.51. The highest BCUT2D eigenvalue weighted by Gasteiger charge is 2.35. The van der Waals surface area contributed by atoms with Crippen molar-refractivity contribution in [3.05, 3.63) is 0 Å². The second-order valence-corrected chi connectivity index (χ2v) is 4.81. The third kappa shape index (κ3) is 3.18. The number of morpholine rings is 1. The van der Waals surface area contributed by atoms with E-state index in [-0.39, 0.29) is 12.0 Å². The molecule has 2 bridgehead atoms. The highest BCUT2D eigenvalue weighted by molar-refractivity contribution is 5.75. The standard InChI is InChI=1S/C12H22N2O3/c1-3-13-11(12(15)16-2)8-14-6-9-4-5-10(7-14)17-9/h9-11,13H,3-8H2,1-2H3. The monoisotopic (exact) mass is 242 g/mol. The van der Waals surface area contributed by atoms with Gasteiger partial charge in [0.05, 0.1) is 19.3 Å². The molecule has 0 saturated carbocycles. The van der Waals surface area contributed by atoms with Crippen LogP contribution in [0, 0.1) is 0 Å². The Morgan fingerprint density at radius 1 is 1.47 bits per heavy atom. The van der Waals surface area contributed by atoms with E-state index in [2.05, 4.69) is 10.2 Å². The van der Waals surface area contributed by atoms with E-state index in [1.54, 1.807) is 0 Å². The van der Waals surface area contributed by atoms with E-state index < -0.39 is 0 Å². The van der Waals surface area contributed by atoms with Gasteiger partial charge in [0.15, 0.2) is 0 Å². The van der Waals surface area contributed by atoms with Gasteiger partial charge in [-0.1, -0.05) is 6.92 Å². The summed E-state index contributed by atoms with van der Waals surface area (Å²) in [5, 5.41) is 3.17. The van der Waals surface area contributed by atoms with Gasteiger partial charge in [0.2, 0.25) is 0 Å². The van der Waals surface area contributed by atoms with Crippen molar-refractivity contribution >= 4 is 5.97 Å². The quantitative estimate of drug-likeness (QED) is 0.688. The van der Waals surface area contributed by atoms with Crippen molar-refractivity contribution in [2.75, 3.05) is 33.3 Å². The summed E-state index contributed by atoms with van der Waals surface area (Å²) in [5.74, 6) is -0.175. The highest BCUT2D eigenvalue weighted by atomic mass is 16.5. The summed E-state index contributed by atoms with van der Waals surface area (Å²) < 4.78 is 10.6. The van der Waals surface area contributed by atoms with Gasteiger partial charge in [0, 0.05) is 19.6 Å². The van der Waals surface area contributed by atoms with Gasteiger partial charge in [0.1, 0.15) is 6.04 Å². The Balaban J connectivity index is 1.87. The maximum atomic E-state index is 11.6. The molecule has 3 atom stereocenters. The van der Waals surface area contributed by atoms with Crippen molar-refractivity contribution in [3.63, 3.8) is 0 Å². The Bertz CT molecular complexity index is 260. The molecular formula is C12H22N2O3. The molecule has 0 amide bonds. The minimum Gasteiger partial charge on any atom is -0.468 e. The molecule has 2 rings (SSSR count). The van der Waals surface area contributed by atoms with Gasteiger partial charge >= 0.3 is 5.97 Å². The summed E-state index contributed by atoms with van der Waals surface area (Å²) >= 11 is 0. The molecule has 1 N–H and O–H groups in total. The summed E-state index contributed by atoms with van der Waals surface area (Å²) in [6.45, 7) is 5.37. The maximum Gasteiger partial charge on any atom is 0.324 e. The van der Waals surface area contributed by atoms with Crippen LogP contribution in [-0.2, 0) is 14.3 Å². The molecule has 5 nitrogen and oxygen atoms in total. The summed E-state index contributed by atoms with van der Waals surface area (Å²) in [6, 6.07) is -0.220. The molecule has 2 aliphatic heterocycles. The number of nitrogens with one attached hydrogen (secondary N) is 1. The van der Waals surface area contributed by atoms with E-state index >= 15 is 0 Å². The molecule has 5 heteroatoms. The Kier molecular flexibility index (Phi) is 4.36. The Morgan fingerprint density at radius 3 is 2.65 bits per heavy atom. The van der Waals surface area contributed by atoms with Gasteiger partial charge in [-0.15, -0.1) is 0 Å². The third-order valence-corrected chi connectivity index (χ3v) is 3.50. The molecule has 0 aliphatic carbocycles. The van der Waals surface area contributed by atoms with E-state index in [4.69, 9.17) is 9.47 Å². The van der Waals surface area contributed by atoms with Crippen LogP contribution < -0.4 is 5.32 Å². The number of carbonyl (C=O) groups excluding carboxylic acids is 1. The molecule has 0 aromatic carbocycles. The number of hydrogen-bond acceptors (Lipinski definition) is 5. The molecule has 2 heterocycles. The number of hydrogen-bond donors (Lipinski definition) is 1. The number of carbonyl (C=O) groups is 1. The fourth-order valence-corrected chi connectivity index (χ4v) is 2.72. The van der Waals surface area contributed by atoms with Gasteiger partial charge in [-0.3, -0.25) is 9.69 Å². The SMILES string of the molecule is CCNC(CN1CC2CCC(C1)O2)C(=O)OC. The number of methoxy groups -OCH3 is 1. The predicted molar refractivity (Wildman–Crippen MR) is 63.8 cm³/mol. The van der Waals surface area contributed by atoms with Crippen molar-refractivity contribution in [1.29, 1.82) is 0 Å². The van der Waals surface area contributed by atoms with Gasteiger partial charge in [-0.05, 0) is 19.4 Å². The van der Waals surface area contributed by atoms with Crippen molar-refractivity contribution in [2.24, 2.45) is 0 Å². The van der Waals surface area contributed by atoms with Crippen LogP contribution in [0.5, 0.6) is 0 Å². The average molecular weight is 242 g/mol. The fraction of sp³-hybridized carbons (Fsp3) is 0.917. The van der Waals surface area contributed by atoms with Crippen LogP contribution in [-0.4, -0.2) is 62.4 Å². The molecule has 2 saturated heterocycles. The smallest absolute Gasteiger partial charge is 0.324 e. The molecule has 2 aliphatic rings. The minimum atomic E-state index is -0.220. The molecule has 0 aromatic rings. The van der Waals surface area contributed by atoms with Gasteiger partial charge < -0.3 is 14.8 Å². The summed E-state index contributed by atoms with van der Waals surface area (Å²) in [4.78, 5) is 13.9. The Labute approximate surface area is 102 Å². The fourth-order valence-electron chi connectivity index (χ4n) is 2.72. The zero-order valence-corrected chi connectivity index (χ0v) is 10.6. The molecule has 17 heavy (non-hydrogen) atoms. The third-order valence-electron chi connectivity index (χ3n) is 3.50. The Morgan fingerprint density at radius 2 is 2.12 bits per heavy atom. The number of esters is 1. The highest BCUT2D eigenvalue weighted by Crippen LogP contribution is 2.26. The van der Waals surface area contributed by atoms with Crippen molar-refractivity contribution in [1.82, 2.24) is 10.2 Å². The number of ether oxygens (including phenoxy) is 2. The molecule has 0 spiro atoms. The van der Waals surface area contributed by atoms with E-state index in [0.717, 1.165) is 39.0 Å². The van der Waals surface area contributed by atoms with E-state index in [0.29, 0.717) is 12.2 Å². The van der Waals surface area contributed by atoms with Gasteiger partial charge in [-0.2, -0.15) is 0 Å². The molecule has 98 valence electrons. The van der Waals surface area contributed by atoms with Crippen molar-refractivity contribution in [2.45, 2.75) is 38.0 Å². The minimum absolute atomic E-state index is 0.175. The largest absolute Gasteiger partial charge is 0.468 e. The molecule has 0 aromatic heterocycles. The topological polar surface area (TPSA) is 50.8 Å². The predicted octanol–water partition coefficient (Wildman–Crippen LogP) is 0.000700. The van der Waals surface area contributed by atoms with E-state index in [1.807, 2.05) is 6.92 Å². The number of fused-ring (bicyclic) bond motifs is 2. The first-order valence-electron chi connectivity index (χ1n) is 6.42. The second-order valence-electron chi connectivity index (χ2n) is 4.81. The maximum absolute atomic E-state index is 11.6. The zero-order valence-electron chi connectivity index (χ0n) is 10.6. The van der Waals surface area contributed by atoms with Crippen LogP contribution in [0.1, 0.15) is 19.8 Å². The lowest BCUT2D eigenvalue weighted by atomic mass is 10.2. The Hall–Kier alpha value is -0.650. The van der Waals surface area contributed by atoms with Crippen LogP contribution in [0.2, 0.25) is 0 Å². The summed E-state index contributed by atoms with van der Waals surface area (Å²) in [5.41, 5.74) is 0. The van der Waals surface area contributed by atoms with Crippen molar-refractivity contribution in [3.8, 4) is 0 Å². The number of likely N-dealkylation sites (N-methyl/N-ethyl adjacent to an activating group) is 1. The summed E-state index contributed by atoms with van der Waals surface area (Å²) in [7, 11) is 1.44. The molecule has 2 fully saturated rings. The van der Waals surface area contributed by atoms with Crippen molar-refractivity contribution < 1.29 is 14.3 Å². The van der Waals surface area contributed by atoms with E-state index in [9.17, 15) is 4.79 Å². The van der Waals surface area contributed by atoms with Crippen LogP contribution in [0.3, 0.4) is 0 Å². The zero-order chi connectivity index (χ0) is 12.3. The van der Waals surface area contributed by atoms with Crippen LogP contribution >= 0.6 is 0 Å². The first-order chi connectivity index (χ1) is 8.22. The second kappa shape index (κ2) is 5.80.